The summed E-state index contributed by atoms with van der Waals surface area (Å²) >= 11 is 6.15. The van der Waals surface area contributed by atoms with Gasteiger partial charge in [-0.15, -0.1) is 0 Å². The van der Waals surface area contributed by atoms with E-state index in [1.807, 2.05) is 0 Å². The third-order valence-electron chi connectivity index (χ3n) is 3.60. The Kier molecular flexibility index (Phi) is 5.90. The molecule has 132 valence electrons. The van der Waals surface area contributed by atoms with Gasteiger partial charge in [0, 0.05) is 26.3 Å². The van der Waals surface area contributed by atoms with E-state index in [9.17, 15) is 9.59 Å². The molecule has 0 aliphatic rings. The van der Waals surface area contributed by atoms with Crippen LogP contribution < -0.4 is 5.56 Å². The molecule has 2 heterocycles. The molecule has 0 unspecified atom stereocenters. The number of esters is 1. The molecule has 0 radical (unpaired) electrons. The predicted octanol–water partition coefficient (Wildman–Crippen LogP) is 3.47. The van der Waals surface area contributed by atoms with Gasteiger partial charge < -0.3 is 19.0 Å². The number of carbonyl (C=O) groups is 1. The van der Waals surface area contributed by atoms with Gasteiger partial charge in [-0.05, 0) is 19.0 Å². The number of hydrogen-bond donors (Lipinski definition) is 1. The fraction of sp³-hybridized carbons (Fsp3) is 0.500. The van der Waals surface area contributed by atoms with Crippen LogP contribution in [0, 0.1) is 0 Å². The van der Waals surface area contributed by atoms with Crippen molar-refractivity contribution in [3.05, 3.63) is 33.3 Å². The number of carbonyl (C=O) groups excluding carboxylic acids is 1. The molecule has 2 rings (SSSR count). The Morgan fingerprint density at radius 3 is 2.71 bits per heavy atom. The summed E-state index contributed by atoms with van der Waals surface area (Å²) in [5, 5.41) is 0.883. The highest BCUT2D eigenvalue weighted by atomic mass is 35.5. The zero-order chi connectivity index (χ0) is 17.9. The van der Waals surface area contributed by atoms with E-state index in [1.54, 1.807) is 13.0 Å². The van der Waals surface area contributed by atoms with Gasteiger partial charge in [-0.25, -0.2) is 4.79 Å². The van der Waals surface area contributed by atoms with E-state index < -0.39 is 14.0 Å². The van der Waals surface area contributed by atoms with Crippen molar-refractivity contribution in [2.24, 2.45) is 0 Å². The summed E-state index contributed by atoms with van der Waals surface area (Å²) in [4.78, 5) is 27.0. The third-order valence-corrected chi connectivity index (χ3v) is 5.62. The Labute approximate surface area is 146 Å². The summed E-state index contributed by atoms with van der Waals surface area (Å²) in [7, 11) is -1.22. The lowest BCUT2D eigenvalue weighted by molar-refractivity contribution is 0.0477. The van der Waals surface area contributed by atoms with Crippen LogP contribution in [-0.2, 0) is 16.2 Å². The second-order valence-electron chi connectivity index (χ2n) is 6.75. The van der Waals surface area contributed by atoms with Crippen LogP contribution in [0.15, 0.2) is 17.1 Å². The Morgan fingerprint density at radius 2 is 2.08 bits per heavy atom. The van der Waals surface area contributed by atoms with Crippen LogP contribution in [-0.4, -0.2) is 36.8 Å². The van der Waals surface area contributed by atoms with E-state index in [-0.39, 0.29) is 24.6 Å². The van der Waals surface area contributed by atoms with Gasteiger partial charge in [0.05, 0.1) is 11.6 Å². The van der Waals surface area contributed by atoms with Crippen LogP contribution in [0.25, 0.3) is 10.9 Å². The predicted molar refractivity (Wildman–Crippen MR) is 97.6 cm³/mol. The molecule has 1 N–H and O–H groups in total. The summed E-state index contributed by atoms with van der Waals surface area (Å²) in [6.45, 7) is 9.44. The molecule has 0 aliphatic heterocycles. The first-order valence-electron chi connectivity index (χ1n) is 7.90. The molecule has 0 atom stereocenters. The average Bonchev–Trinajstić information content (AvgIpc) is 2.88. The molecular formula is C16H23ClN2O4Si. The van der Waals surface area contributed by atoms with Crippen molar-refractivity contribution in [1.82, 2.24) is 9.55 Å². The van der Waals surface area contributed by atoms with E-state index in [1.165, 1.54) is 10.8 Å². The lowest BCUT2D eigenvalue weighted by Gasteiger charge is -2.16. The number of fused-ring (bicyclic) bond motifs is 1. The summed E-state index contributed by atoms with van der Waals surface area (Å²) < 4.78 is 12.3. The van der Waals surface area contributed by atoms with Crippen molar-refractivity contribution in [3.8, 4) is 0 Å². The molecule has 0 bridgehead atoms. The quantitative estimate of drug-likeness (QED) is 0.460. The van der Waals surface area contributed by atoms with E-state index in [4.69, 9.17) is 21.1 Å². The molecule has 2 aromatic rings. The normalized spacial score (nSPS) is 11.9. The van der Waals surface area contributed by atoms with Gasteiger partial charge in [-0.2, -0.15) is 0 Å². The Hall–Kier alpha value is -1.57. The number of aromatic nitrogens is 2. The standard InChI is InChI=1S/C16H23ClN2O4Si/c1-5-23-16(21)13-8-11-12(17)9-18-15(20)14(11)19(13)10-22-6-7-24(2,3)4/h8-9H,5-7,10H2,1-4H3,(H,18,20). The lowest BCUT2D eigenvalue weighted by atomic mass is 10.3. The number of hydrogen-bond acceptors (Lipinski definition) is 4. The van der Waals surface area contributed by atoms with E-state index in [0.717, 1.165) is 6.04 Å². The Balaban J connectivity index is 2.37. The molecule has 0 saturated heterocycles. The summed E-state index contributed by atoms with van der Waals surface area (Å²) in [6, 6.07) is 2.57. The number of aromatic amines is 1. The molecule has 0 aliphatic carbocycles. The maximum Gasteiger partial charge on any atom is 0.355 e. The average molecular weight is 371 g/mol. The van der Waals surface area contributed by atoms with Crippen molar-refractivity contribution >= 4 is 36.5 Å². The van der Waals surface area contributed by atoms with Crippen molar-refractivity contribution in [2.75, 3.05) is 13.2 Å². The highest BCUT2D eigenvalue weighted by Crippen LogP contribution is 2.24. The molecule has 0 saturated carbocycles. The van der Waals surface area contributed by atoms with Crippen molar-refractivity contribution in [1.29, 1.82) is 0 Å². The number of nitrogens with zero attached hydrogens (tertiary/aromatic N) is 1. The Bertz CT molecular complexity index is 792. The largest absolute Gasteiger partial charge is 0.461 e. The number of ether oxygens (including phenoxy) is 2. The first kappa shape index (κ1) is 18.8. The first-order valence-corrected chi connectivity index (χ1v) is 12.0. The van der Waals surface area contributed by atoms with Crippen LogP contribution >= 0.6 is 11.6 Å². The maximum atomic E-state index is 12.2. The third kappa shape index (κ3) is 4.28. The molecule has 0 amide bonds. The van der Waals surface area contributed by atoms with Crippen molar-refractivity contribution < 1.29 is 14.3 Å². The van der Waals surface area contributed by atoms with Gasteiger partial charge in [-0.1, -0.05) is 31.2 Å². The van der Waals surface area contributed by atoms with Gasteiger partial charge in [0.1, 0.15) is 17.9 Å². The van der Waals surface area contributed by atoms with E-state index in [0.29, 0.717) is 22.5 Å². The summed E-state index contributed by atoms with van der Waals surface area (Å²) in [5.74, 6) is -0.502. The molecule has 0 spiro atoms. The second-order valence-corrected chi connectivity index (χ2v) is 12.8. The number of pyridine rings is 1. The highest BCUT2D eigenvalue weighted by Gasteiger charge is 2.21. The molecule has 8 heteroatoms. The van der Waals surface area contributed by atoms with Gasteiger partial charge in [0.25, 0.3) is 5.56 Å². The monoisotopic (exact) mass is 370 g/mol. The molecule has 6 nitrogen and oxygen atoms in total. The maximum absolute atomic E-state index is 12.2. The van der Waals surface area contributed by atoms with Gasteiger partial charge in [0.15, 0.2) is 0 Å². The SMILES string of the molecule is CCOC(=O)c1cc2c(Cl)c[nH]c(=O)c2n1COCC[Si](C)(C)C. The van der Waals surface area contributed by atoms with Crippen molar-refractivity contribution in [3.63, 3.8) is 0 Å². The summed E-state index contributed by atoms with van der Waals surface area (Å²) in [5.41, 5.74) is 0.260. The van der Waals surface area contributed by atoms with Gasteiger partial charge in [0.2, 0.25) is 0 Å². The molecule has 0 fully saturated rings. The van der Waals surface area contributed by atoms with E-state index in [2.05, 4.69) is 24.6 Å². The Morgan fingerprint density at radius 1 is 1.38 bits per heavy atom. The minimum Gasteiger partial charge on any atom is -0.461 e. The lowest BCUT2D eigenvalue weighted by Crippen LogP contribution is -2.23. The van der Waals surface area contributed by atoms with Crippen LogP contribution in [0.2, 0.25) is 30.7 Å². The molecule has 24 heavy (non-hydrogen) atoms. The van der Waals surface area contributed by atoms with Gasteiger partial charge in [-0.3, -0.25) is 4.79 Å². The van der Waals surface area contributed by atoms with Crippen LogP contribution in [0.5, 0.6) is 0 Å². The smallest absolute Gasteiger partial charge is 0.355 e. The van der Waals surface area contributed by atoms with Crippen molar-refractivity contribution in [2.45, 2.75) is 39.3 Å². The number of H-pyrrole nitrogens is 1. The fourth-order valence-corrected chi connectivity index (χ4v) is 3.25. The second kappa shape index (κ2) is 7.54. The number of nitrogens with one attached hydrogen (secondary N) is 1. The molecular weight excluding hydrogens is 348 g/mol. The van der Waals surface area contributed by atoms with Crippen LogP contribution in [0.1, 0.15) is 17.4 Å². The van der Waals surface area contributed by atoms with E-state index >= 15 is 0 Å². The fourth-order valence-electron chi connectivity index (χ4n) is 2.29. The van der Waals surface area contributed by atoms with Gasteiger partial charge >= 0.3 is 5.97 Å². The first-order chi connectivity index (χ1) is 11.2. The summed E-state index contributed by atoms with van der Waals surface area (Å²) in [6.07, 6.45) is 1.41. The zero-order valence-electron chi connectivity index (χ0n) is 14.4. The zero-order valence-corrected chi connectivity index (χ0v) is 16.2. The highest BCUT2D eigenvalue weighted by molar-refractivity contribution is 6.76. The number of rotatable bonds is 7. The minimum atomic E-state index is -1.22. The topological polar surface area (TPSA) is 73.3 Å². The molecule has 2 aromatic heterocycles. The minimum absolute atomic E-state index is 0.103. The molecule has 0 aromatic carbocycles. The van der Waals surface area contributed by atoms with Crippen LogP contribution in [0.4, 0.5) is 0 Å². The number of halogens is 1. The van der Waals surface area contributed by atoms with Crippen LogP contribution in [0.3, 0.4) is 0 Å².